The van der Waals surface area contributed by atoms with Gasteiger partial charge in [-0.1, -0.05) is 18.2 Å². The highest BCUT2D eigenvalue weighted by atomic mass is 16.5. The van der Waals surface area contributed by atoms with Crippen molar-refractivity contribution in [2.24, 2.45) is 0 Å². The molecule has 0 aliphatic heterocycles. The van der Waals surface area contributed by atoms with Gasteiger partial charge in [0.2, 0.25) is 0 Å². The van der Waals surface area contributed by atoms with Gasteiger partial charge in [0.05, 0.1) is 14.2 Å². The topological polar surface area (TPSA) is 59.6 Å². The molecular formula is C18H22N2O3. The Morgan fingerprint density at radius 1 is 1.04 bits per heavy atom. The van der Waals surface area contributed by atoms with Crippen LogP contribution < -0.4 is 20.1 Å². The molecular weight excluding hydrogens is 292 g/mol. The lowest BCUT2D eigenvalue weighted by atomic mass is 10.1. The number of rotatable bonds is 6. The molecule has 2 amide bonds. The summed E-state index contributed by atoms with van der Waals surface area (Å²) in [4.78, 5) is 11.9. The zero-order valence-corrected chi connectivity index (χ0v) is 13.7. The number of anilines is 1. The van der Waals surface area contributed by atoms with Crippen molar-refractivity contribution >= 4 is 11.7 Å². The Labute approximate surface area is 136 Å². The largest absolute Gasteiger partial charge is 0.493 e. The minimum Gasteiger partial charge on any atom is -0.493 e. The van der Waals surface area contributed by atoms with E-state index in [2.05, 4.69) is 10.6 Å². The van der Waals surface area contributed by atoms with E-state index >= 15 is 0 Å². The molecule has 0 aromatic heterocycles. The van der Waals surface area contributed by atoms with Crippen molar-refractivity contribution in [3.8, 4) is 11.5 Å². The van der Waals surface area contributed by atoms with Crippen LogP contribution in [0.25, 0.3) is 0 Å². The second kappa shape index (κ2) is 8.08. The molecule has 2 aromatic carbocycles. The monoisotopic (exact) mass is 314 g/mol. The smallest absolute Gasteiger partial charge is 0.319 e. The van der Waals surface area contributed by atoms with Crippen molar-refractivity contribution in [2.75, 3.05) is 26.1 Å². The minimum absolute atomic E-state index is 0.212. The number of aryl methyl sites for hydroxylation is 1. The summed E-state index contributed by atoms with van der Waals surface area (Å²) in [5.41, 5.74) is 2.96. The van der Waals surface area contributed by atoms with Crippen LogP contribution in [-0.4, -0.2) is 26.8 Å². The van der Waals surface area contributed by atoms with E-state index in [1.807, 2.05) is 49.4 Å². The lowest BCUT2D eigenvalue weighted by molar-refractivity contribution is 0.252. The molecule has 0 bridgehead atoms. The number of hydrogen-bond donors (Lipinski definition) is 2. The third-order valence-corrected chi connectivity index (χ3v) is 3.42. The summed E-state index contributed by atoms with van der Waals surface area (Å²) in [5.74, 6) is 1.38. The van der Waals surface area contributed by atoms with Crippen molar-refractivity contribution in [3.05, 3.63) is 53.6 Å². The van der Waals surface area contributed by atoms with Crippen LogP contribution in [0.3, 0.4) is 0 Å². The molecule has 0 aliphatic carbocycles. The van der Waals surface area contributed by atoms with E-state index in [9.17, 15) is 4.79 Å². The fraction of sp³-hybridized carbons (Fsp3) is 0.278. The van der Waals surface area contributed by atoms with Gasteiger partial charge in [-0.3, -0.25) is 0 Å². The Morgan fingerprint density at radius 2 is 1.83 bits per heavy atom. The molecule has 0 saturated carbocycles. The molecule has 0 radical (unpaired) electrons. The summed E-state index contributed by atoms with van der Waals surface area (Å²) >= 11 is 0. The number of benzene rings is 2. The number of carbonyl (C=O) groups excluding carboxylic acids is 1. The molecule has 0 atom stereocenters. The van der Waals surface area contributed by atoms with E-state index < -0.39 is 0 Å². The molecule has 5 heteroatoms. The van der Waals surface area contributed by atoms with Gasteiger partial charge in [0.15, 0.2) is 11.5 Å². The van der Waals surface area contributed by atoms with Crippen LogP contribution in [0.2, 0.25) is 0 Å². The fourth-order valence-corrected chi connectivity index (χ4v) is 2.25. The number of nitrogens with one attached hydrogen (secondary N) is 2. The van der Waals surface area contributed by atoms with Crippen LogP contribution in [0.1, 0.15) is 11.1 Å². The Balaban J connectivity index is 1.83. The van der Waals surface area contributed by atoms with Crippen LogP contribution >= 0.6 is 0 Å². The normalized spacial score (nSPS) is 10.0. The summed E-state index contributed by atoms with van der Waals surface area (Å²) in [6.07, 6.45) is 0.710. The number of hydrogen-bond acceptors (Lipinski definition) is 3. The van der Waals surface area contributed by atoms with Gasteiger partial charge in [0.1, 0.15) is 0 Å². The third kappa shape index (κ3) is 4.92. The van der Waals surface area contributed by atoms with Crippen LogP contribution in [0, 0.1) is 6.92 Å². The first-order chi connectivity index (χ1) is 11.1. The zero-order valence-electron chi connectivity index (χ0n) is 13.7. The van der Waals surface area contributed by atoms with E-state index in [4.69, 9.17) is 9.47 Å². The summed E-state index contributed by atoms with van der Waals surface area (Å²) in [7, 11) is 3.21. The van der Waals surface area contributed by atoms with Gasteiger partial charge < -0.3 is 20.1 Å². The van der Waals surface area contributed by atoms with Crippen LogP contribution in [0.15, 0.2) is 42.5 Å². The summed E-state index contributed by atoms with van der Waals surface area (Å²) in [6, 6.07) is 13.2. The highest BCUT2D eigenvalue weighted by molar-refractivity contribution is 5.89. The minimum atomic E-state index is -0.212. The maximum absolute atomic E-state index is 11.9. The lowest BCUT2D eigenvalue weighted by Gasteiger charge is -2.11. The molecule has 0 spiro atoms. The van der Waals surface area contributed by atoms with E-state index in [1.54, 1.807) is 14.2 Å². The first-order valence-corrected chi connectivity index (χ1v) is 7.45. The molecule has 0 fully saturated rings. The number of ether oxygens (including phenoxy) is 2. The predicted molar refractivity (Wildman–Crippen MR) is 91.5 cm³/mol. The Hall–Kier alpha value is -2.69. The molecule has 0 heterocycles. The van der Waals surface area contributed by atoms with Gasteiger partial charge in [0, 0.05) is 12.2 Å². The number of methoxy groups -OCH3 is 2. The van der Waals surface area contributed by atoms with Crippen molar-refractivity contribution in [1.29, 1.82) is 0 Å². The Morgan fingerprint density at radius 3 is 2.52 bits per heavy atom. The van der Waals surface area contributed by atoms with Crippen molar-refractivity contribution in [2.45, 2.75) is 13.3 Å². The molecule has 2 aromatic rings. The number of amides is 2. The second-order valence-corrected chi connectivity index (χ2v) is 5.19. The third-order valence-electron chi connectivity index (χ3n) is 3.42. The molecule has 2 rings (SSSR count). The first kappa shape index (κ1) is 16.7. The average Bonchev–Trinajstić information content (AvgIpc) is 2.54. The SMILES string of the molecule is COc1ccc(CCNC(=O)Nc2cccc(C)c2)cc1OC. The van der Waals surface area contributed by atoms with Gasteiger partial charge in [0.25, 0.3) is 0 Å². The molecule has 0 saturated heterocycles. The van der Waals surface area contributed by atoms with E-state index in [0.717, 1.165) is 16.8 Å². The van der Waals surface area contributed by atoms with Gasteiger partial charge in [-0.2, -0.15) is 0 Å². The van der Waals surface area contributed by atoms with Gasteiger partial charge >= 0.3 is 6.03 Å². The standard InChI is InChI=1S/C18H22N2O3/c1-13-5-4-6-15(11-13)20-18(21)19-10-9-14-7-8-16(22-2)17(12-14)23-3/h4-8,11-12H,9-10H2,1-3H3,(H2,19,20,21). The molecule has 23 heavy (non-hydrogen) atoms. The van der Waals surface area contributed by atoms with E-state index in [0.29, 0.717) is 24.5 Å². The summed E-state index contributed by atoms with van der Waals surface area (Å²) < 4.78 is 10.5. The number of carbonyl (C=O) groups is 1. The Bertz CT molecular complexity index is 671. The fourth-order valence-electron chi connectivity index (χ4n) is 2.25. The van der Waals surface area contributed by atoms with Gasteiger partial charge in [-0.05, 0) is 48.7 Å². The average molecular weight is 314 g/mol. The molecule has 0 aliphatic rings. The molecule has 0 unspecified atom stereocenters. The van der Waals surface area contributed by atoms with Crippen LogP contribution in [-0.2, 0) is 6.42 Å². The maximum atomic E-state index is 11.9. The molecule has 5 nitrogen and oxygen atoms in total. The van der Waals surface area contributed by atoms with Crippen LogP contribution in [0.5, 0.6) is 11.5 Å². The summed E-state index contributed by atoms with van der Waals surface area (Å²) in [5, 5.41) is 5.66. The summed E-state index contributed by atoms with van der Waals surface area (Å²) in [6.45, 7) is 2.52. The van der Waals surface area contributed by atoms with Gasteiger partial charge in [-0.15, -0.1) is 0 Å². The molecule has 2 N–H and O–H groups in total. The first-order valence-electron chi connectivity index (χ1n) is 7.45. The zero-order chi connectivity index (χ0) is 16.7. The van der Waals surface area contributed by atoms with Crippen LogP contribution in [0.4, 0.5) is 10.5 Å². The Kier molecular flexibility index (Phi) is 5.86. The number of urea groups is 1. The van der Waals surface area contributed by atoms with E-state index in [-0.39, 0.29) is 6.03 Å². The van der Waals surface area contributed by atoms with Crippen molar-refractivity contribution in [1.82, 2.24) is 5.32 Å². The van der Waals surface area contributed by atoms with Crippen molar-refractivity contribution < 1.29 is 14.3 Å². The highest BCUT2D eigenvalue weighted by Crippen LogP contribution is 2.27. The van der Waals surface area contributed by atoms with Gasteiger partial charge in [-0.25, -0.2) is 4.79 Å². The lowest BCUT2D eigenvalue weighted by Crippen LogP contribution is -2.30. The quantitative estimate of drug-likeness (QED) is 0.859. The van der Waals surface area contributed by atoms with E-state index in [1.165, 1.54) is 0 Å². The van der Waals surface area contributed by atoms with Crippen molar-refractivity contribution in [3.63, 3.8) is 0 Å². The highest BCUT2D eigenvalue weighted by Gasteiger charge is 2.05. The molecule has 122 valence electrons. The predicted octanol–water partition coefficient (Wildman–Crippen LogP) is 3.38. The second-order valence-electron chi connectivity index (χ2n) is 5.19. The maximum Gasteiger partial charge on any atom is 0.319 e.